The fourth-order valence-corrected chi connectivity index (χ4v) is 4.43. The van der Waals surface area contributed by atoms with Crippen LogP contribution in [0.15, 0.2) is 71.9 Å². The first-order valence-corrected chi connectivity index (χ1v) is 12.0. The average molecular weight is 507 g/mol. The van der Waals surface area contributed by atoms with Gasteiger partial charge in [0.25, 0.3) is 5.69 Å². The first-order valence-electron chi connectivity index (χ1n) is 11.0. The molecule has 0 saturated heterocycles. The summed E-state index contributed by atoms with van der Waals surface area (Å²) in [6.45, 7) is 3.96. The highest BCUT2D eigenvalue weighted by Crippen LogP contribution is 2.26. The number of benzene rings is 3. The second-order valence-electron chi connectivity index (χ2n) is 8.05. The Morgan fingerprint density at radius 3 is 2.44 bits per heavy atom. The predicted octanol–water partition coefficient (Wildman–Crippen LogP) is 5.55. The van der Waals surface area contributed by atoms with Crippen molar-refractivity contribution in [1.29, 1.82) is 0 Å². The van der Waals surface area contributed by atoms with E-state index >= 15 is 0 Å². The molecule has 11 heteroatoms. The van der Waals surface area contributed by atoms with Crippen molar-refractivity contribution in [1.82, 2.24) is 20.1 Å². The first-order chi connectivity index (χ1) is 17.3. The smallest absolute Gasteiger partial charge is 0.319 e. The second kappa shape index (κ2) is 11.0. The van der Waals surface area contributed by atoms with Crippen LogP contribution in [-0.4, -0.2) is 25.7 Å². The quantitative estimate of drug-likeness (QED) is 0.184. The van der Waals surface area contributed by atoms with E-state index in [0.29, 0.717) is 28.1 Å². The van der Waals surface area contributed by atoms with Gasteiger partial charge in [0.05, 0.1) is 11.5 Å². The summed E-state index contributed by atoms with van der Waals surface area (Å²) in [5, 5.41) is 25.7. The number of hydrogen-bond donors (Lipinski definition) is 2. The molecule has 2 N–H and O–H groups in total. The number of nitrogens with one attached hydrogen (secondary N) is 2. The molecule has 0 saturated carbocycles. The highest BCUT2D eigenvalue weighted by atomic mass is 32.2. The van der Waals surface area contributed by atoms with E-state index in [1.165, 1.54) is 36.0 Å². The minimum Gasteiger partial charge on any atom is -0.331 e. The molecule has 0 unspecified atom stereocenters. The molecule has 2 amide bonds. The van der Waals surface area contributed by atoms with Gasteiger partial charge in [0.2, 0.25) is 0 Å². The third-order valence-electron chi connectivity index (χ3n) is 5.34. The van der Waals surface area contributed by atoms with Gasteiger partial charge in [-0.1, -0.05) is 41.6 Å². The zero-order valence-corrected chi connectivity index (χ0v) is 20.4. The fraction of sp³-hybridized carbons (Fsp3) is 0.160. The molecule has 3 aromatic carbocycles. The Labute approximate surface area is 210 Å². The van der Waals surface area contributed by atoms with E-state index in [0.717, 1.165) is 16.7 Å². The fourth-order valence-electron chi connectivity index (χ4n) is 3.50. The number of urea groups is 1. The summed E-state index contributed by atoms with van der Waals surface area (Å²) in [6.07, 6.45) is 0. The third-order valence-corrected chi connectivity index (χ3v) is 6.34. The van der Waals surface area contributed by atoms with Gasteiger partial charge in [-0.3, -0.25) is 14.7 Å². The molecule has 0 aliphatic rings. The number of carbonyl (C=O) groups excluding carboxylic acids is 1. The van der Waals surface area contributed by atoms with Crippen LogP contribution in [0.4, 0.5) is 20.6 Å². The van der Waals surface area contributed by atoms with Crippen molar-refractivity contribution in [2.75, 3.05) is 5.32 Å². The van der Waals surface area contributed by atoms with Gasteiger partial charge in [-0.15, -0.1) is 10.2 Å². The zero-order valence-electron chi connectivity index (χ0n) is 19.6. The van der Waals surface area contributed by atoms with Crippen LogP contribution in [0.25, 0.3) is 5.69 Å². The molecule has 0 spiro atoms. The topological polar surface area (TPSA) is 115 Å². The Hall–Kier alpha value is -4.25. The summed E-state index contributed by atoms with van der Waals surface area (Å²) >= 11 is 1.38. The van der Waals surface area contributed by atoms with Gasteiger partial charge < -0.3 is 10.6 Å². The molecule has 0 fully saturated rings. The monoisotopic (exact) mass is 506 g/mol. The molecule has 36 heavy (non-hydrogen) atoms. The van der Waals surface area contributed by atoms with E-state index in [4.69, 9.17) is 0 Å². The number of hydrogen-bond acceptors (Lipinski definition) is 6. The lowest BCUT2D eigenvalue weighted by Gasteiger charge is -2.12. The molecule has 0 aliphatic heterocycles. The Kier molecular flexibility index (Phi) is 7.59. The van der Waals surface area contributed by atoms with Gasteiger partial charge in [-0.05, 0) is 55.3 Å². The molecule has 1 heterocycles. The summed E-state index contributed by atoms with van der Waals surface area (Å²) in [5.41, 5.74) is 4.20. The predicted molar refractivity (Wildman–Crippen MR) is 136 cm³/mol. The molecule has 0 radical (unpaired) electrons. The lowest BCUT2D eigenvalue weighted by Crippen LogP contribution is -2.29. The molecule has 4 aromatic rings. The largest absolute Gasteiger partial charge is 0.331 e. The van der Waals surface area contributed by atoms with Gasteiger partial charge >= 0.3 is 6.03 Å². The molecule has 0 aliphatic carbocycles. The Morgan fingerprint density at radius 2 is 1.78 bits per heavy atom. The number of aryl methyl sites for hydroxylation is 2. The van der Waals surface area contributed by atoms with Crippen LogP contribution in [0.3, 0.4) is 0 Å². The molecule has 9 nitrogen and oxygen atoms in total. The Morgan fingerprint density at radius 1 is 1.06 bits per heavy atom. The van der Waals surface area contributed by atoms with E-state index < -0.39 is 11.0 Å². The van der Waals surface area contributed by atoms with Crippen LogP contribution in [0, 0.1) is 29.8 Å². The van der Waals surface area contributed by atoms with Crippen LogP contribution in [0.5, 0.6) is 0 Å². The lowest BCUT2D eigenvalue weighted by molar-refractivity contribution is -0.384. The van der Waals surface area contributed by atoms with E-state index in [1.807, 2.05) is 32.0 Å². The molecule has 184 valence electrons. The third kappa shape index (κ3) is 6.05. The first kappa shape index (κ1) is 24.9. The van der Waals surface area contributed by atoms with Crippen LogP contribution < -0.4 is 10.6 Å². The average Bonchev–Trinajstić information content (AvgIpc) is 3.27. The number of anilines is 1. The van der Waals surface area contributed by atoms with Crippen molar-refractivity contribution in [2.24, 2.45) is 0 Å². The summed E-state index contributed by atoms with van der Waals surface area (Å²) in [5.74, 6) is 0.637. The number of amides is 2. The van der Waals surface area contributed by atoms with Crippen LogP contribution >= 0.6 is 11.8 Å². The van der Waals surface area contributed by atoms with Crippen molar-refractivity contribution < 1.29 is 14.1 Å². The Balaban J connectivity index is 1.54. The van der Waals surface area contributed by atoms with Gasteiger partial charge in [0.1, 0.15) is 5.82 Å². The summed E-state index contributed by atoms with van der Waals surface area (Å²) in [4.78, 5) is 23.1. The summed E-state index contributed by atoms with van der Waals surface area (Å²) in [7, 11) is 0. The molecule has 4 rings (SSSR count). The molecular formula is C25H23FN6O3S. The highest BCUT2D eigenvalue weighted by molar-refractivity contribution is 7.98. The highest BCUT2D eigenvalue weighted by Gasteiger charge is 2.17. The number of carbonyl (C=O) groups is 1. The maximum Gasteiger partial charge on any atom is 0.319 e. The van der Waals surface area contributed by atoms with Crippen LogP contribution in [-0.2, 0) is 12.3 Å². The van der Waals surface area contributed by atoms with E-state index in [2.05, 4.69) is 20.8 Å². The van der Waals surface area contributed by atoms with E-state index in [-0.39, 0.29) is 18.0 Å². The lowest BCUT2D eigenvalue weighted by atomic mass is 10.1. The van der Waals surface area contributed by atoms with Crippen molar-refractivity contribution in [3.63, 3.8) is 0 Å². The summed E-state index contributed by atoms with van der Waals surface area (Å²) < 4.78 is 15.0. The SMILES string of the molecule is Cc1ccc(NC(=O)NCc2nnc(SCc3ccc(F)cc3)n2-c2ccc([N+](=O)[O-])cc2)c(C)c1. The van der Waals surface area contributed by atoms with Crippen molar-refractivity contribution in [2.45, 2.75) is 31.3 Å². The van der Waals surface area contributed by atoms with E-state index in [1.54, 1.807) is 28.8 Å². The standard InChI is InChI=1S/C25H23FN6O3S/c1-16-3-12-22(17(2)13-16)28-24(33)27-14-23-29-30-25(36-15-18-4-6-19(26)7-5-18)31(23)20-8-10-21(11-9-20)32(34)35/h3-13H,14-15H2,1-2H3,(H2,27,28,33). The maximum absolute atomic E-state index is 13.2. The van der Waals surface area contributed by atoms with Crippen LogP contribution in [0.2, 0.25) is 0 Å². The zero-order chi connectivity index (χ0) is 25.7. The van der Waals surface area contributed by atoms with Gasteiger partial charge in [0, 0.05) is 29.3 Å². The molecule has 0 atom stereocenters. The van der Waals surface area contributed by atoms with Crippen molar-refractivity contribution >= 4 is 29.2 Å². The second-order valence-corrected chi connectivity index (χ2v) is 8.99. The van der Waals surface area contributed by atoms with Crippen molar-refractivity contribution in [3.05, 3.63) is 105 Å². The Bertz CT molecular complexity index is 1390. The maximum atomic E-state index is 13.2. The normalized spacial score (nSPS) is 10.8. The number of aromatic nitrogens is 3. The number of nitro benzene ring substituents is 1. The van der Waals surface area contributed by atoms with Gasteiger partial charge in [-0.2, -0.15) is 0 Å². The van der Waals surface area contributed by atoms with Gasteiger partial charge in [0.15, 0.2) is 11.0 Å². The number of nitro groups is 1. The number of non-ortho nitro benzene ring substituents is 1. The number of halogens is 1. The number of nitrogens with zero attached hydrogens (tertiary/aromatic N) is 4. The molecule has 0 bridgehead atoms. The molecular weight excluding hydrogens is 483 g/mol. The van der Waals surface area contributed by atoms with Crippen LogP contribution in [0.1, 0.15) is 22.5 Å². The number of thioether (sulfide) groups is 1. The van der Waals surface area contributed by atoms with E-state index in [9.17, 15) is 19.3 Å². The van der Waals surface area contributed by atoms with Gasteiger partial charge in [-0.25, -0.2) is 9.18 Å². The molecule has 1 aromatic heterocycles. The minimum atomic E-state index is -0.472. The number of rotatable bonds is 8. The minimum absolute atomic E-state index is 0.0418. The summed E-state index contributed by atoms with van der Waals surface area (Å²) in [6, 6.07) is 17.5. The van der Waals surface area contributed by atoms with Crippen molar-refractivity contribution in [3.8, 4) is 5.69 Å².